The van der Waals surface area contributed by atoms with E-state index in [-0.39, 0.29) is 9.90 Å². The average Bonchev–Trinajstić information content (AvgIpc) is 2.24. The fourth-order valence-electron chi connectivity index (χ4n) is 0.960. The molecule has 0 saturated carbocycles. The molecule has 0 aromatic heterocycles. The van der Waals surface area contributed by atoms with Gasteiger partial charge in [-0.05, 0) is 18.9 Å². The molecular weight excluding hydrogens is 246 g/mol. The van der Waals surface area contributed by atoms with Gasteiger partial charge in [-0.2, -0.15) is 5.26 Å². The minimum Gasteiger partial charge on any atom is -0.465 e. The van der Waals surface area contributed by atoms with Crippen LogP contribution in [0.3, 0.4) is 0 Å². The van der Waals surface area contributed by atoms with E-state index in [9.17, 15) is 4.79 Å². The molecule has 0 unspecified atom stereocenters. The van der Waals surface area contributed by atoms with Crippen molar-refractivity contribution < 1.29 is 9.53 Å². The Kier molecular flexibility index (Phi) is 5.47. The molecule has 0 N–H and O–H groups in total. The molecule has 0 aliphatic heterocycles. The standard InChI is InChI=1S/C10H14BrNO2/c1-4-10(11,5-2)6-8(7-12)9(13)14-3/h6H,4-5H2,1-3H3/b8-6+. The molecule has 0 atom stereocenters. The van der Waals surface area contributed by atoms with Gasteiger partial charge in [0.25, 0.3) is 0 Å². The summed E-state index contributed by atoms with van der Waals surface area (Å²) < 4.78 is 4.20. The Morgan fingerprint density at radius 1 is 1.57 bits per heavy atom. The highest BCUT2D eigenvalue weighted by Gasteiger charge is 2.22. The monoisotopic (exact) mass is 259 g/mol. The van der Waals surface area contributed by atoms with Crippen LogP contribution in [0.15, 0.2) is 11.6 Å². The molecule has 0 heterocycles. The highest BCUT2D eigenvalue weighted by Crippen LogP contribution is 2.29. The van der Waals surface area contributed by atoms with Crippen molar-refractivity contribution in [2.45, 2.75) is 31.0 Å². The summed E-state index contributed by atoms with van der Waals surface area (Å²) in [5.41, 5.74) is 0.0491. The number of allylic oxidation sites excluding steroid dienone is 1. The van der Waals surface area contributed by atoms with Crippen molar-refractivity contribution in [1.82, 2.24) is 0 Å². The Hall–Kier alpha value is -0.820. The second kappa shape index (κ2) is 5.82. The molecule has 14 heavy (non-hydrogen) atoms. The Bertz CT molecular complexity index is 274. The normalized spacial score (nSPS) is 12.1. The molecular formula is C10H14BrNO2. The molecule has 4 heteroatoms. The van der Waals surface area contributed by atoms with Gasteiger partial charge in [-0.1, -0.05) is 29.8 Å². The summed E-state index contributed by atoms with van der Waals surface area (Å²) in [5, 5.41) is 8.74. The number of esters is 1. The molecule has 0 saturated heterocycles. The zero-order valence-electron chi connectivity index (χ0n) is 8.63. The molecule has 0 fully saturated rings. The van der Waals surface area contributed by atoms with Gasteiger partial charge in [-0.3, -0.25) is 0 Å². The van der Waals surface area contributed by atoms with E-state index in [4.69, 9.17) is 5.26 Å². The van der Waals surface area contributed by atoms with E-state index in [1.807, 2.05) is 19.9 Å². The van der Waals surface area contributed by atoms with E-state index in [2.05, 4.69) is 20.7 Å². The maximum Gasteiger partial charge on any atom is 0.348 e. The lowest BCUT2D eigenvalue weighted by atomic mass is 10.00. The molecule has 0 spiro atoms. The minimum atomic E-state index is -0.585. The van der Waals surface area contributed by atoms with Gasteiger partial charge >= 0.3 is 5.97 Å². The number of halogens is 1. The quantitative estimate of drug-likeness (QED) is 0.338. The van der Waals surface area contributed by atoms with Crippen LogP contribution >= 0.6 is 15.9 Å². The van der Waals surface area contributed by atoms with E-state index in [0.717, 1.165) is 12.8 Å². The van der Waals surface area contributed by atoms with Crippen molar-refractivity contribution in [3.8, 4) is 6.07 Å². The smallest absolute Gasteiger partial charge is 0.348 e. The van der Waals surface area contributed by atoms with Crippen LogP contribution in [0.2, 0.25) is 0 Å². The molecule has 78 valence electrons. The number of alkyl halides is 1. The predicted octanol–water partition coefficient (Wildman–Crippen LogP) is 2.56. The van der Waals surface area contributed by atoms with Gasteiger partial charge in [0.1, 0.15) is 11.6 Å². The topological polar surface area (TPSA) is 50.1 Å². The largest absolute Gasteiger partial charge is 0.465 e. The first kappa shape index (κ1) is 13.2. The number of carbonyl (C=O) groups excluding carboxylic acids is 1. The van der Waals surface area contributed by atoms with Gasteiger partial charge in [0.15, 0.2) is 0 Å². The second-order valence-corrected chi connectivity index (χ2v) is 4.48. The van der Waals surface area contributed by atoms with Crippen LogP contribution in [0.5, 0.6) is 0 Å². The summed E-state index contributed by atoms with van der Waals surface area (Å²) in [5.74, 6) is -0.585. The summed E-state index contributed by atoms with van der Waals surface area (Å²) in [6.07, 6.45) is 3.25. The second-order valence-electron chi connectivity index (χ2n) is 2.90. The van der Waals surface area contributed by atoms with Gasteiger partial charge in [0.2, 0.25) is 0 Å². The molecule has 0 amide bonds. The third-order valence-electron chi connectivity index (χ3n) is 2.10. The fraction of sp³-hybridized carbons (Fsp3) is 0.600. The van der Waals surface area contributed by atoms with E-state index in [1.165, 1.54) is 7.11 Å². The molecule has 0 aromatic carbocycles. The van der Waals surface area contributed by atoms with Crippen LogP contribution in [0.1, 0.15) is 26.7 Å². The number of nitriles is 1. The van der Waals surface area contributed by atoms with Gasteiger partial charge < -0.3 is 4.74 Å². The maximum absolute atomic E-state index is 11.1. The van der Waals surface area contributed by atoms with Crippen molar-refractivity contribution in [3.05, 3.63) is 11.6 Å². The van der Waals surface area contributed by atoms with E-state index < -0.39 is 5.97 Å². The third-order valence-corrected chi connectivity index (χ3v) is 3.45. The number of rotatable bonds is 4. The zero-order chi connectivity index (χ0) is 11.2. The number of hydrogen-bond donors (Lipinski definition) is 0. The highest BCUT2D eigenvalue weighted by molar-refractivity contribution is 9.10. The third kappa shape index (κ3) is 3.51. The van der Waals surface area contributed by atoms with Crippen LogP contribution < -0.4 is 0 Å². The molecule has 0 aliphatic carbocycles. The molecule has 0 bridgehead atoms. The van der Waals surface area contributed by atoms with Crippen molar-refractivity contribution in [3.63, 3.8) is 0 Å². The first-order chi connectivity index (χ1) is 6.52. The van der Waals surface area contributed by atoms with Crippen LogP contribution in [0.4, 0.5) is 0 Å². The molecule has 0 rings (SSSR count). The Labute approximate surface area is 92.9 Å². The first-order valence-corrected chi connectivity index (χ1v) is 5.22. The number of ether oxygens (including phenoxy) is 1. The number of carbonyl (C=O) groups is 1. The van der Waals surface area contributed by atoms with Gasteiger partial charge in [0.05, 0.1) is 7.11 Å². The van der Waals surface area contributed by atoms with Gasteiger partial charge in [-0.15, -0.1) is 0 Å². The SMILES string of the molecule is CCC(Br)(/C=C(\C#N)C(=O)OC)CC. The first-order valence-electron chi connectivity index (χ1n) is 4.43. The van der Waals surface area contributed by atoms with E-state index >= 15 is 0 Å². The summed E-state index contributed by atoms with van der Waals surface area (Å²) in [6.45, 7) is 3.97. The van der Waals surface area contributed by atoms with Crippen LogP contribution in [-0.4, -0.2) is 17.4 Å². The summed E-state index contributed by atoms with van der Waals surface area (Å²) in [7, 11) is 1.27. The number of hydrogen-bond acceptors (Lipinski definition) is 3. The fourth-order valence-corrected chi connectivity index (χ4v) is 1.19. The molecule has 0 aromatic rings. The lowest BCUT2D eigenvalue weighted by Gasteiger charge is -2.19. The van der Waals surface area contributed by atoms with E-state index in [0.29, 0.717) is 0 Å². The average molecular weight is 260 g/mol. The number of nitrogens with zero attached hydrogens (tertiary/aromatic N) is 1. The lowest BCUT2D eigenvalue weighted by molar-refractivity contribution is -0.135. The Morgan fingerprint density at radius 3 is 2.36 bits per heavy atom. The van der Waals surface area contributed by atoms with Gasteiger partial charge in [0, 0.05) is 4.32 Å². The van der Waals surface area contributed by atoms with Crippen molar-refractivity contribution in [1.29, 1.82) is 5.26 Å². The van der Waals surface area contributed by atoms with Crippen LogP contribution in [0.25, 0.3) is 0 Å². The summed E-state index contributed by atoms with van der Waals surface area (Å²) in [6, 6.07) is 1.83. The maximum atomic E-state index is 11.1. The number of methoxy groups -OCH3 is 1. The minimum absolute atomic E-state index is 0.0491. The molecule has 3 nitrogen and oxygen atoms in total. The van der Waals surface area contributed by atoms with Crippen LogP contribution in [-0.2, 0) is 9.53 Å². The molecule has 0 aliphatic rings. The highest BCUT2D eigenvalue weighted by atomic mass is 79.9. The molecule has 0 radical (unpaired) electrons. The summed E-state index contributed by atoms with van der Waals surface area (Å²) in [4.78, 5) is 11.1. The van der Waals surface area contributed by atoms with Crippen LogP contribution in [0, 0.1) is 11.3 Å². The van der Waals surface area contributed by atoms with Crippen molar-refractivity contribution >= 4 is 21.9 Å². The lowest BCUT2D eigenvalue weighted by Crippen LogP contribution is -2.17. The predicted molar refractivity (Wildman–Crippen MR) is 58.0 cm³/mol. The van der Waals surface area contributed by atoms with E-state index in [1.54, 1.807) is 6.08 Å². The summed E-state index contributed by atoms with van der Waals surface area (Å²) >= 11 is 3.49. The van der Waals surface area contributed by atoms with Gasteiger partial charge in [-0.25, -0.2) is 4.79 Å². The zero-order valence-corrected chi connectivity index (χ0v) is 10.2. The van der Waals surface area contributed by atoms with Crippen molar-refractivity contribution in [2.24, 2.45) is 0 Å². The Balaban J connectivity index is 4.93. The Morgan fingerprint density at radius 2 is 2.07 bits per heavy atom. The van der Waals surface area contributed by atoms with Crippen molar-refractivity contribution in [2.75, 3.05) is 7.11 Å².